The van der Waals surface area contributed by atoms with Crippen LogP contribution in [0.5, 0.6) is 0 Å². The molecule has 0 aliphatic heterocycles. The summed E-state index contributed by atoms with van der Waals surface area (Å²) in [6, 6.07) is 0. The summed E-state index contributed by atoms with van der Waals surface area (Å²) in [5.74, 6) is -2.83. The van der Waals surface area contributed by atoms with Gasteiger partial charge in [0.1, 0.15) is 0 Å². The van der Waals surface area contributed by atoms with E-state index in [0.29, 0.717) is 0 Å². The minimum Gasteiger partial charge on any atom is -0.298 e. The van der Waals surface area contributed by atoms with Crippen LogP contribution < -0.4 is 0 Å². The van der Waals surface area contributed by atoms with Gasteiger partial charge in [-0.2, -0.15) is 0 Å². The Bertz CT molecular complexity index is 232. The number of carbonyl (C=O) groups excluding carboxylic acids is 4. The molecule has 0 radical (unpaired) electrons. The predicted molar refractivity (Wildman–Crippen MR) is 45.2 cm³/mol. The summed E-state index contributed by atoms with van der Waals surface area (Å²) in [4.78, 5) is 44.5. The van der Waals surface area contributed by atoms with E-state index in [-0.39, 0.29) is 20.1 Å². The second-order valence-corrected chi connectivity index (χ2v) is 2.97. The van der Waals surface area contributed by atoms with Crippen molar-refractivity contribution >= 4 is 23.1 Å². The van der Waals surface area contributed by atoms with Crippen LogP contribution in [0.2, 0.25) is 0 Å². The van der Waals surface area contributed by atoms with E-state index in [9.17, 15) is 19.2 Å². The Morgan fingerprint density at radius 3 is 0.786 bits per heavy atom. The first-order valence-electron chi connectivity index (χ1n) is 3.82. The molecule has 0 saturated heterocycles. The molecular formula is C9H12IrO4+3. The molecule has 0 aromatic rings. The van der Waals surface area contributed by atoms with Crippen molar-refractivity contribution in [2.75, 3.05) is 0 Å². The van der Waals surface area contributed by atoms with Gasteiger partial charge in [0.15, 0.2) is 23.1 Å². The maximum Gasteiger partial charge on any atom is 3.00 e. The van der Waals surface area contributed by atoms with Crippen molar-refractivity contribution in [3.63, 3.8) is 0 Å². The topological polar surface area (TPSA) is 68.3 Å². The number of carbonyl (C=O) groups is 4. The summed E-state index contributed by atoms with van der Waals surface area (Å²) in [6.07, 6.45) is 0. The zero-order chi connectivity index (χ0) is 10.8. The quantitative estimate of drug-likeness (QED) is 0.663. The molecule has 5 heteroatoms. The molecule has 0 N–H and O–H groups in total. The van der Waals surface area contributed by atoms with Crippen molar-refractivity contribution in [1.29, 1.82) is 0 Å². The second-order valence-electron chi connectivity index (χ2n) is 2.97. The fourth-order valence-electron chi connectivity index (χ4n) is 1.49. The molecule has 0 spiro atoms. The summed E-state index contributed by atoms with van der Waals surface area (Å²) in [6.45, 7) is 4.29. The van der Waals surface area contributed by atoms with Gasteiger partial charge in [0, 0.05) is 0 Å². The number of rotatable bonds is 4. The molecule has 4 nitrogen and oxygen atoms in total. The van der Waals surface area contributed by atoms with E-state index in [1.165, 1.54) is 0 Å². The van der Waals surface area contributed by atoms with Gasteiger partial charge in [-0.3, -0.25) is 19.2 Å². The van der Waals surface area contributed by atoms with E-state index < -0.39 is 28.5 Å². The molecule has 0 heterocycles. The first-order chi connectivity index (χ1) is 5.77. The molecule has 14 heavy (non-hydrogen) atoms. The summed E-state index contributed by atoms with van der Waals surface area (Å²) in [7, 11) is 0. The molecule has 0 atom stereocenters. The Morgan fingerprint density at radius 2 is 0.786 bits per heavy atom. The molecule has 78 valence electrons. The van der Waals surface area contributed by atoms with Crippen LogP contribution in [-0.2, 0) is 39.3 Å². The SMILES string of the molecule is CC(=O)C(C(C)=O)(C(C)=O)C(C)=O.[Ir+3]. The van der Waals surface area contributed by atoms with Gasteiger partial charge in [-0.25, -0.2) is 0 Å². The Balaban J connectivity index is 0. The smallest absolute Gasteiger partial charge is 0.298 e. The minimum atomic E-state index is -2.06. The largest absolute Gasteiger partial charge is 3.00 e. The van der Waals surface area contributed by atoms with Crippen LogP contribution in [0.1, 0.15) is 27.7 Å². The zero-order valence-electron chi connectivity index (χ0n) is 8.47. The molecule has 0 unspecified atom stereocenters. The van der Waals surface area contributed by atoms with Crippen LogP contribution >= 0.6 is 0 Å². The van der Waals surface area contributed by atoms with Crippen LogP contribution in [0, 0.1) is 5.41 Å². The standard InChI is InChI=1S/C9H12O4.Ir/c1-5(10)9(6(2)11,7(3)12)8(4)13;/h1-4H3;/q;+3. The summed E-state index contributed by atoms with van der Waals surface area (Å²) < 4.78 is 0. The summed E-state index contributed by atoms with van der Waals surface area (Å²) >= 11 is 0. The predicted octanol–water partition coefficient (Wildman–Crippen LogP) is 0.326. The molecule has 0 rings (SSSR count). The number of hydrogen-bond donors (Lipinski definition) is 0. The van der Waals surface area contributed by atoms with Crippen LogP contribution in [-0.4, -0.2) is 23.1 Å². The molecule has 0 aromatic carbocycles. The molecule has 0 aliphatic carbocycles. The van der Waals surface area contributed by atoms with E-state index in [0.717, 1.165) is 27.7 Å². The normalized spacial score (nSPS) is 10.0. The summed E-state index contributed by atoms with van der Waals surface area (Å²) in [5, 5.41) is 0. The zero-order valence-corrected chi connectivity index (χ0v) is 10.9. The van der Waals surface area contributed by atoms with Crippen LogP contribution in [0.25, 0.3) is 0 Å². The monoisotopic (exact) mass is 377 g/mol. The molecular weight excluding hydrogens is 364 g/mol. The van der Waals surface area contributed by atoms with Gasteiger partial charge in [0.2, 0.25) is 5.41 Å². The maximum absolute atomic E-state index is 11.1. The average Bonchev–Trinajstić information content (AvgIpc) is 1.82. The van der Waals surface area contributed by atoms with Crippen molar-refractivity contribution in [2.24, 2.45) is 5.41 Å². The van der Waals surface area contributed by atoms with Gasteiger partial charge in [-0.1, -0.05) is 0 Å². The van der Waals surface area contributed by atoms with Gasteiger partial charge < -0.3 is 0 Å². The van der Waals surface area contributed by atoms with Gasteiger partial charge >= 0.3 is 20.1 Å². The summed E-state index contributed by atoms with van der Waals surface area (Å²) in [5.41, 5.74) is -2.06. The van der Waals surface area contributed by atoms with Crippen molar-refractivity contribution in [3.8, 4) is 0 Å². The van der Waals surface area contributed by atoms with Gasteiger partial charge in [0.05, 0.1) is 0 Å². The van der Waals surface area contributed by atoms with Crippen LogP contribution in [0.3, 0.4) is 0 Å². The number of Topliss-reactive ketones (excluding diaryl/α,β-unsaturated/α-hetero) is 4. The van der Waals surface area contributed by atoms with Crippen molar-refractivity contribution in [1.82, 2.24) is 0 Å². The van der Waals surface area contributed by atoms with Crippen LogP contribution in [0.4, 0.5) is 0 Å². The third-order valence-corrected chi connectivity index (χ3v) is 2.11. The van der Waals surface area contributed by atoms with Crippen molar-refractivity contribution < 1.29 is 39.3 Å². The van der Waals surface area contributed by atoms with Gasteiger partial charge in [0.25, 0.3) is 0 Å². The molecule has 0 amide bonds. The fraction of sp³-hybridized carbons (Fsp3) is 0.556. The Labute approximate surface area is 95.8 Å². The Kier molecular flexibility index (Phi) is 5.94. The van der Waals surface area contributed by atoms with Gasteiger partial charge in [-0.15, -0.1) is 0 Å². The molecule has 0 saturated carbocycles. The average molecular weight is 376 g/mol. The third-order valence-electron chi connectivity index (χ3n) is 2.11. The van der Waals surface area contributed by atoms with Crippen molar-refractivity contribution in [3.05, 3.63) is 0 Å². The molecule has 0 bridgehead atoms. The van der Waals surface area contributed by atoms with Crippen molar-refractivity contribution in [2.45, 2.75) is 27.7 Å². The van der Waals surface area contributed by atoms with E-state index in [2.05, 4.69) is 0 Å². The second kappa shape index (κ2) is 5.27. The Hall–Kier alpha value is -0.671. The van der Waals surface area contributed by atoms with E-state index in [1.54, 1.807) is 0 Å². The molecule has 0 aliphatic rings. The molecule has 0 fully saturated rings. The van der Waals surface area contributed by atoms with E-state index in [1.807, 2.05) is 0 Å². The van der Waals surface area contributed by atoms with Crippen LogP contribution in [0.15, 0.2) is 0 Å². The fourth-order valence-corrected chi connectivity index (χ4v) is 1.49. The third kappa shape index (κ3) is 2.22. The molecule has 0 aromatic heterocycles. The number of ketones is 4. The first kappa shape index (κ1) is 15.8. The first-order valence-corrected chi connectivity index (χ1v) is 3.82. The van der Waals surface area contributed by atoms with E-state index >= 15 is 0 Å². The Morgan fingerprint density at radius 1 is 0.643 bits per heavy atom. The number of hydrogen-bond acceptors (Lipinski definition) is 4. The maximum atomic E-state index is 11.1. The minimum absolute atomic E-state index is 0. The van der Waals surface area contributed by atoms with Gasteiger partial charge in [-0.05, 0) is 27.7 Å². The van der Waals surface area contributed by atoms with E-state index in [4.69, 9.17) is 0 Å².